The van der Waals surface area contributed by atoms with Crippen molar-refractivity contribution in [3.8, 4) is 0 Å². The highest BCUT2D eigenvalue weighted by molar-refractivity contribution is 5.79. The van der Waals surface area contributed by atoms with Gasteiger partial charge < -0.3 is 134 Å². The van der Waals surface area contributed by atoms with Crippen molar-refractivity contribution in [3.63, 3.8) is 0 Å². The summed E-state index contributed by atoms with van der Waals surface area (Å²) in [4.78, 5) is 42.3. The van der Waals surface area contributed by atoms with Crippen LogP contribution in [0.15, 0.2) is 11.6 Å². The first-order valence-electron chi connectivity index (χ1n) is 31.8. The summed E-state index contributed by atoms with van der Waals surface area (Å²) in [5.74, 6) is -4.68. The average Bonchev–Trinajstić information content (AvgIpc) is 0.671. The fraction of sp³-hybridized carbons (Fsp3) is 0.918. The number of hydrogen-bond acceptors (Lipinski definition) is 29. The molecule has 5 heterocycles. The minimum atomic E-state index is -1.99. The van der Waals surface area contributed by atoms with E-state index in [9.17, 15) is 91.3 Å². The maximum atomic E-state index is 15.7. The van der Waals surface area contributed by atoms with E-state index in [1.807, 2.05) is 13.0 Å². The van der Waals surface area contributed by atoms with Crippen LogP contribution in [-0.4, -0.2) is 286 Å². The Labute approximate surface area is 525 Å². The minimum Gasteiger partial charge on any atom is -0.481 e. The number of aliphatic hydroxyl groups is 15. The number of aliphatic carboxylic acids is 1. The first kappa shape index (κ1) is 71.0. The van der Waals surface area contributed by atoms with Crippen LogP contribution in [0.3, 0.4) is 0 Å². The highest BCUT2D eigenvalue weighted by Crippen LogP contribution is 2.76. The Morgan fingerprint density at radius 2 is 1.10 bits per heavy atom. The van der Waals surface area contributed by atoms with Gasteiger partial charge in [0.15, 0.2) is 37.4 Å². The molecule has 9 fully saturated rings. The zero-order chi connectivity index (χ0) is 66.7. The molecular weight excluding hydrogens is 1210 g/mol. The predicted octanol–water partition coefficient (Wildman–Crippen LogP) is -3.94. The number of esters is 2. The van der Waals surface area contributed by atoms with E-state index in [0.717, 1.165) is 12.5 Å². The van der Waals surface area contributed by atoms with E-state index < -0.39 is 242 Å². The van der Waals surface area contributed by atoms with Crippen LogP contribution in [0.2, 0.25) is 0 Å². The molecule has 34 atom stereocenters. The van der Waals surface area contributed by atoms with Crippen LogP contribution in [0.25, 0.3) is 0 Å². The van der Waals surface area contributed by atoms with E-state index >= 15 is 4.79 Å². The largest absolute Gasteiger partial charge is 0.481 e. The zero-order valence-electron chi connectivity index (χ0n) is 52.4. The molecule has 10 aliphatic rings. The summed E-state index contributed by atoms with van der Waals surface area (Å²) < 4.78 is 65.4. The lowest BCUT2D eigenvalue weighted by Gasteiger charge is -2.71. The molecule has 0 amide bonds. The number of aliphatic hydroxyl groups excluding tert-OH is 15. The molecule has 10 rings (SSSR count). The Balaban J connectivity index is 0.923. The number of carboxylic acids is 1. The standard InChI is InChI=1S/C61H96O30/c1-23-44(87-49-40(74)34(68)29(67)21-81-49)39(73)42(76)50(82-23)89-47-43(77)45(84-25(3)65)24(2)83-52(47)91-55(80)60-14-13-56(4,5)17-27(60)26-9-10-32-57(6)18-28(66)48(59(8,54(78)79)33(57)11-12-58(32,7)61(26,22-64)16-15-60)90-53-46(38(72)36(70)31(20-63)86-53)88-51-41(75)37(71)35(69)30(19-62)85-51/h9,23-24,27-53,62-64,66-77H,10-22H2,1-8H3,(H,78,79). The highest BCUT2D eigenvalue weighted by Gasteiger charge is 2.74. The van der Waals surface area contributed by atoms with Crippen LogP contribution in [0, 0.1) is 50.2 Å². The van der Waals surface area contributed by atoms with Crippen molar-refractivity contribution in [1.29, 1.82) is 0 Å². The molecule has 0 aromatic rings. The molecule has 0 aromatic heterocycles. The summed E-state index contributed by atoms with van der Waals surface area (Å²) in [6.45, 7) is 11.1. The van der Waals surface area contributed by atoms with Gasteiger partial charge in [-0.25, -0.2) is 0 Å². The molecule has 5 aliphatic carbocycles. The number of carboxylic acid groups (broad SMARTS) is 1. The van der Waals surface area contributed by atoms with Gasteiger partial charge in [-0.2, -0.15) is 0 Å². The Bertz CT molecular complexity index is 2630. The molecule has 34 unspecified atom stereocenters. The molecule has 16 N–H and O–H groups in total. The Hall–Kier alpha value is -2.81. The molecular formula is C61H96O30. The fourth-order valence-corrected chi connectivity index (χ4v) is 18.2. The fourth-order valence-electron chi connectivity index (χ4n) is 18.2. The van der Waals surface area contributed by atoms with Gasteiger partial charge in [-0.05, 0) is 113 Å². The number of ether oxygens (including phenoxy) is 11. The monoisotopic (exact) mass is 1310 g/mol. The van der Waals surface area contributed by atoms with Gasteiger partial charge in [0, 0.05) is 12.3 Å². The first-order valence-corrected chi connectivity index (χ1v) is 31.8. The highest BCUT2D eigenvalue weighted by atomic mass is 16.8. The van der Waals surface area contributed by atoms with Crippen LogP contribution < -0.4 is 0 Å². The number of fused-ring (bicyclic) bond motifs is 7. The second-order valence-electron chi connectivity index (χ2n) is 29.0. The molecule has 0 bridgehead atoms. The third-order valence-corrected chi connectivity index (χ3v) is 23.4. The number of carbonyl (C=O) groups is 3. The molecule has 0 aromatic carbocycles. The van der Waals surface area contributed by atoms with E-state index in [1.54, 1.807) is 0 Å². The van der Waals surface area contributed by atoms with Crippen molar-refractivity contribution in [1.82, 2.24) is 0 Å². The molecule has 5 saturated heterocycles. The van der Waals surface area contributed by atoms with Gasteiger partial charge in [0.1, 0.15) is 97.7 Å². The lowest BCUT2D eigenvalue weighted by molar-refractivity contribution is -0.382. The van der Waals surface area contributed by atoms with E-state index in [4.69, 9.17) is 52.1 Å². The van der Waals surface area contributed by atoms with Gasteiger partial charge in [-0.3, -0.25) is 14.4 Å². The molecule has 0 radical (unpaired) electrons. The minimum absolute atomic E-state index is 0.0683. The van der Waals surface area contributed by atoms with Crippen molar-refractivity contribution in [2.75, 3.05) is 26.4 Å². The Kier molecular flexibility index (Phi) is 20.4. The smallest absolute Gasteiger partial charge is 0.315 e. The lowest BCUT2D eigenvalue weighted by atomic mass is 9.33. The van der Waals surface area contributed by atoms with Gasteiger partial charge in [-0.1, -0.05) is 39.3 Å². The maximum absolute atomic E-state index is 15.7. The zero-order valence-corrected chi connectivity index (χ0v) is 52.4. The Morgan fingerprint density at radius 3 is 1.73 bits per heavy atom. The molecule has 30 heteroatoms. The molecule has 4 saturated carbocycles. The topological polar surface area (TPSA) is 476 Å². The van der Waals surface area contributed by atoms with Gasteiger partial charge in [-0.15, -0.1) is 0 Å². The second-order valence-corrected chi connectivity index (χ2v) is 29.0. The van der Waals surface area contributed by atoms with Crippen molar-refractivity contribution in [3.05, 3.63) is 11.6 Å². The number of allylic oxidation sites excluding steroid dienone is 1. The van der Waals surface area contributed by atoms with Crippen molar-refractivity contribution in [2.45, 2.75) is 273 Å². The molecule has 520 valence electrons. The van der Waals surface area contributed by atoms with Gasteiger partial charge >= 0.3 is 17.9 Å². The molecule has 0 spiro atoms. The van der Waals surface area contributed by atoms with Crippen LogP contribution in [-0.2, 0) is 66.5 Å². The third-order valence-electron chi connectivity index (χ3n) is 23.4. The molecule has 91 heavy (non-hydrogen) atoms. The van der Waals surface area contributed by atoms with Crippen molar-refractivity contribution >= 4 is 17.9 Å². The summed E-state index contributed by atoms with van der Waals surface area (Å²) in [6.07, 6.45) is -39.3. The van der Waals surface area contributed by atoms with Gasteiger partial charge in [0.05, 0.1) is 55.6 Å². The molecule has 5 aliphatic heterocycles. The van der Waals surface area contributed by atoms with Crippen LogP contribution in [0.5, 0.6) is 0 Å². The molecule has 30 nitrogen and oxygen atoms in total. The van der Waals surface area contributed by atoms with Crippen LogP contribution >= 0.6 is 0 Å². The van der Waals surface area contributed by atoms with Gasteiger partial charge in [0.2, 0.25) is 6.29 Å². The van der Waals surface area contributed by atoms with Crippen molar-refractivity contribution < 1.29 is 148 Å². The summed E-state index contributed by atoms with van der Waals surface area (Å²) >= 11 is 0. The van der Waals surface area contributed by atoms with E-state index in [1.165, 1.54) is 20.8 Å². The normalized spacial score (nSPS) is 53.1. The number of hydrogen-bond donors (Lipinski definition) is 16. The summed E-state index contributed by atoms with van der Waals surface area (Å²) in [5, 5.41) is 177. The van der Waals surface area contributed by atoms with Crippen molar-refractivity contribution in [2.24, 2.45) is 50.2 Å². The van der Waals surface area contributed by atoms with E-state index in [-0.39, 0.29) is 37.7 Å². The average molecular weight is 1310 g/mol. The first-order chi connectivity index (χ1) is 42.6. The summed E-state index contributed by atoms with van der Waals surface area (Å²) in [7, 11) is 0. The third kappa shape index (κ3) is 11.8. The number of rotatable bonds is 15. The SMILES string of the molecule is CC(=O)OC1C(C)OC(OC(=O)C23CCC(C)(C)CC2C2=CCC4C5(C)CC(O)C(OC6OC(CO)C(O)C(O)C6OC6OC(CO)C(O)C(O)C6O)C(C)(C(=O)O)C5CCC4(C)C2(CO)CC3)C(OC2OC(C)C(OC3OCC(O)C(O)C3O)C(O)C2O)C1O. The maximum Gasteiger partial charge on any atom is 0.315 e. The van der Waals surface area contributed by atoms with E-state index in [2.05, 4.69) is 20.8 Å². The summed E-state index contributed by atoms with van der Waals surface area (Å²) in [5.41, 5.74) is -5.69. The van der Waals surface area contributed by atoms with Crippen LogP contribution in [0.1, 0.15) is 113 Å². The Morgan fingerprint density at radius 1 is 0.549 bits per heavy atom. The second kappa shape index (κ2) is 26.2. The number of carbonyl (C=O) groups excluding carboxylic acids is 2. The van der Waals surface area contributed by atoms with Crippen LogP contribution in [0.4, 0.5) is 0 Å². The lowest BCUT2D eigenvalue weighted by Crippen LogP contribution is -2.71. The predicted molar refractivity (Wildman–Crippen MR) is 301 cm³/mol. The quantitative estimate of drug-likeness (QED) is 0.0423. The summed E-state index contributed by atoms with van der Waals surface area (Å²) in [6, 6.07) is 0. The van der Waals surface area contributed by atoms with E-state index in [0.29, 0.717) is 32.1 Å². The van der Waals surface area contributed by atoms with Gasteiger partial charge in [0.25, 0.3) is 0 Å².